The topological polar surface area (TPSA) is 55.4 Å². The molecule has 0 saturated carbocycles. The Morgan fingerprint density at radius 3 is 2.48 bits per heavy atom. The minimum absolute atomic E-state index is 0.287. The molecule has 21 heavy (non-hydrogen) atoms. The van der Waals surface area contributed by atoms with E-state index < -0.39 is 5.97 Å². The summed E-state index contributed by atoms with van der Waals surface area (Å²) in [5.41, 5.74) is 0.686. The molecule has 0 unspecified atom stereocenters. The van der Waals surface area contributed by atoms with E-state index in [0.29, 0.717) is 10.6 Å². The molecule has 1 N–H and O–H groups in total. The molecule has 1 aromatic heterocycles. The number of hydrogen-bond donors (Lipinski definition) is 1. The lowest BCUT2D eigenvalue weighted by molar-refractivity contribution is 0.0602. The lowest BCUT2D eigenvalue weighted by atomic mass is 10.2. The number of benzene rings is 1. The lowest BCUT2D eigenvalue weighted by Crippen LogP contribution is -2.14. The van der Waals surface area contributed by atoms with Crippen LogP contribution in [0, 0.1) is 0 Å². The molecular weight excluding hydrogens is 490 g/mol. The Bertz CT molecular complexity index is 695. The maximum Gasteiger partial charge on any atom is 0.340 e. The summed E-state index contributed by atoms with van der Waals surface area (Å²) in [4.78, 5) is 24.5. The van der Waals surface area contributed by atoms with Crippen molar-refractivity contribution in [3.63, 3.8) is 0 Å². The quantitative estimate of drug-likeness (QED) is 0.602. The molecule has 0 aliphatic carbocycles. The van der Waals surface area contributed by atoms with Crippen molar-refractivity contribution in [2.45, 2.75) is 0 Å². The Morgan fingerprint density at radius 2 is 1.90 bits per heavy atom. The first kappa shape index (κ1) is 16.7. The van der Waals surface area contributed by atoms with Crippen molar-refractivity contribution in [3.05, 3.63) is 47.4 Å². The number of carbonyl (C=O) groups excluding carboxylic acids is 2. The van der Waals surface area contributed by atoms with Crippen LogP contribution in [0.25, 0.3) is 0 Å². The first-order chi connectivity index (χ1) is 9.92. The molecule has 0 aliphatic heterocycles. The molecule has 8 heteroatoms. The number of thiophene rings is 1. The fourth-order valence-electron chi connectivity index (χ4n) is 1.55. The maximum absolute atomic E-state index is 12.2. The number of hydrogen-bond acceptors (Lipinski definition) is 4. The summed E-state index contributed by atoms with van der Waals surface area (Å²) in [5, 5.41) is 2.72. The smallest absolute Gasteiger partial charge is 0.340 e. The van der Waals surface area contributed by atoms with Gasteiger partial charge in [0.2, 0.25) is 0 Å². The molecule has 0 aliphatic rings. The van der Waals surface area contributed by atoms with Gasteiger partial charge in [-0.2, -0.15) is 0 Å². The number of carbonyl (C=O) groups is 2. The van der Waals surface area contributed by atoms with Crippen molar-refractivity contribution in [2.75, 3.05) is 12.4 Å². The summed E-state index contributed by atoms with van der Waals surface area (Å²) in [6, 6.07) is 6.69. The summed E-state index contributed by atoms with van der Waals surface area (Å²) in [6.07, 6.45) is 0. The highest BCUT2D eigenvalue weighted by Crippen LogP contribution is 2.33. The summed E-state index contributed by atoms with van der Waals surface area (Å²) < 4.78 is 7.08. The Kier molecular flexibility index (Phi) is 5.59. The number of amides is 1. The normalized spacial score (nSPS) is 10.3. The van der Waals surface area contributed by atoms with Crippen molar-refractivity contribution >= 4 is 76.7 Å². The number of anilines is 1. The van der Waals surface area contributed by atoms with Crippen molar-refractivity contribution in [3.8, 4) is 0 Å². The van der Waals surface area contributed by atoms with Gasteiger partial charge in [-0.1, -0.05) is 15.9 Å². The predicted octanol–water partition coefficient (Wildman–Crippen LogP) is 5.07. The van der Waals surface area contributed by atoms with Crippen LogP contribution in [-0.4, -0.2) is 19.0 Å². The van der Waals surface area contributed by atoms with Crippen molar-refractivity contribution in [1.82, 2.24) is 0 Å². The van der Waals surface area contributed by atoms with E-state index >= 15 is 0 Å². The molecule has 0 atom stereocenters. The average Bonchev–Trinajstić information content (AvgIpc) is 2.80. The molecule has 2 aromatic rings. The second-order valence-electron chi connectivity index (χ2n) is 3.87. The molecule has 2 rings (SSSR count). The van der Waals surface area contributed by atoms with Gasteiger partial charge in [-0.15, -0.1) is 11.3 Å². The molecule has 0 spiro atoms. The van der Waals surface area contributed by atoms with Crippen molar-refractivity contribution in [1.29, 1.82) is 0 Å². The minimum Gasteiger partial charge on any atom is -0.465 e. The van der Waals surface area contributed by atoms with Gasteiger partial charge < -0.3 is 10.1 Å². The number of halogens is 3. The number of methoxy groups -OCH3 is 1. The van der Waals surface area contributed by atoms with E-state index in [-0.39, 0.29) is 11.5 Å². The van der Waals surface area contributed by atoms with E-state index in [1.54, 1.807) is 24.3 Å². The summed E-state index contributed by atoms with van der Waals surface area (Å²) in [7, 11) is 1.29. The van der Waals surface area contributed by atoms with Crippen molar-refractivity contribution < 1.29 is 14.3 Å². The standard InChI is InChI=1S/C13H8Br3NO3S/c1-20-13(19)7-4-6(14)2-3-9(7)17-12(18)10-5-8(15)11(16)21-10/h2-5H,1H3,(H,17,18). The third-order valence-corrected chi connectivity index (χ3v) is 6.25. The molecule has 0 bridgehead atoms. The van der Waals surface area contributed by atoms with Gasteiger partial charge in [-0.25, -0.2) is 4.79 Å². The van der Waals surface area contributed by atoms with E-state index in [4.69, 9.17) is 4.74 Å². The number of esters is 1. The van der Waals surface area contributed by atoms with E-state index in [9.17, 15) is 9.59 Å². The highest BCUT2D eigenvalue weighted by atomic mass is 79.9. The summed E-state index contributed by atoms with van der Waals surface area (Å²) >= 11 is 11.3. The number of nitrogens with one attached hydrogen (secondary N) is 1. The molecule has 1 heterocycles. The van der Waals surface area contributed by atoms with Gasteiger partial charge in [0.05, 0.1) is 27.0 Å². The Hall–Kier alpha value is -0.700. The van der Waals surface area contributed by atoms with E-state index in [2.05, 4.69) is 53.1 Å². The Labute approximate surface area is 150 Å². The first-order valence-electron chi connectivity index (χ1n) is 5.56. The number of rotatable bonds is 3. The Balaban J connectivity index is 2.30. The molecular formula is C13H8Br3NO3S. The first-order valence-corrected chi connectivity index (χ1v) is 8.76. The third-order valence-electron chi connectivity index (χ3n) is 2.50. The predicted molar refractivity (Wildman–Crippen MR) is 93.2 cm³/mol. The fraction of sp³-hybridized carbons (Fsp3) is 0.0769. The van der Waals surface area contributed by atoms with Crippen LogP contribution in [0.5, 0.6) is 0 Å². The van der Waals surface area contributed by atoms with Crippen LogP contribution in [0.15, 0.2) is 37.0 Å². The second-order valence-corrected chi connectivity index (χ2v) is 8.01. The van der Waals surface area contributed by atoms with Crippen LogP contribution in [0.3, 0.4) is 0 Å². The van der Waals surface area contributed by atoms with Crippen LogP contribution in [-0.2, 0) is 4.74 Å². The zero-order valence-electron chi connectivity index (χ0n) is 10.6. The van der Waals surface area contributed by atoms with E-state index in [0.717, 1.165) is 12.7 Å². The third kappa shape index (κ3) is 3.94. The number of ether oxygens (including phenoxy) is 1. The monoisotopic (exact) mass is 495 g/mol. The largest absolute Gasteiger partial charge is 0.465 e. The lowest BCUT2D eigenvalue weighted by Gasteiger charge is -2.09. The van der Waals surface area contributed by atoms with Crippen LogP contribution in [0.2, 0.25) is 0 Å². The van der Waals surface area contributed by atoms with E-state index in [1.165, 1.54) is 18.4 Å². The van der Waals surface area contributed by atoms with Gasteiger partial charge in [-0.05, 0) is 56.1 Å². The maximum atomic E-state index is 12.2. The Morgan fingerprint density at radius 1 is 1.19 bits per heavy atom. The highest BCUT2D eigenvalue weighted by molar-refractivity contribution is 9.13. The molecule has 110 valence electrons. The van der Waals surface area contributed by atoms with Gasteiger partial charge in [0.1, 0.15) is 0 Å². The van der Waals surface area contributed by atoms with Gasteiger partial charge in [0.15, 0.2) is 0 Å². The molecule has 0 fully saturated rings. The van der Waals surface area contributed by atoms with Crippen LogP contribution < -0.4 is 5.32 Å². The van der Waals surface area contributed by atoms with Crippen molar-refractivity contribution in [2.24, 2.45) is 0 Å². The highest BCUT2D eigenvalue weighted by Gasteiger charge is 2.17. The zero-order chi connectivity index (χ0) is 15.6. The minimum atomic E-state index is -0.514. The van der Waals surface area contributed by atoms with Crippen LogP contribution >= 0.6 is 59.1 Å². The summed E-state index contributed by atoms with van der Waals surface area (Å²) in [6.45, 7) is 0. The van der Waals surface area contributed by atoms with Gasteiger partial charge in [0.25, 0.3) is 5.91 Å². The van der Waals surface area contributed by atoms with Crippen LogP contribution in [0.1, 0.15) is 20.0 Å². The van der Waals surface area contributed by atoms with Crippen LogP contribution in [0.4, 0.5) is 5.69 Å². The van der Waals surface area contributed by atoms with Gasteiger partial charge in [0, 0.05) is 8.95 Å². The zero-order valence-corrected chi connectivity index (χ0v) is 16.2. The molecule has 1 amide bonds. The summed E-state index contributed by atoms with van der Waals surface area (Å²) in [5.74, 6) is -0.806. The SMILES string of the molecule is COC(=O)c1cc(Br)ccc1NC(=O)c1cc(Br)c(Br)s1. The molecule has 4 nitrogen and oxygen atoms in total. The van der Waals surface area contributed by atoms with Gasteiger partial charge in [-0.3, -0.25) is 4.79 Å². The molecule has 1 aromatic carbocycles. The average molecular weight is 498 g/mol. The van der Waals surface area contributed by atoms with Gasteiger partial charge >= 0.3 is 5.97 Å². The van der Waals surface area contributed by atoms with E-state index in [1.807, 2.05) is 0 Å². The molecule has 0 saturated heterocycles. The fourth-order valence-corrected chi connectivity index (χ4v) is 3.84. The molecule has 0 radical (unpaired) electrons. The second kappa shape index (κ2) is 7.04.